The van der Waals surface area contributed by atoms with Crippen LogP contribution < -0.4 is 0 Å². The highest BCUT2D eigenvalue weighted by Crippen LogP contribution is 2.11. The molecule has 0 aromatic rings. The smallest absolute Gasteiger partial charge is 0.315 e. The molecule has 0 radical (unpaired) electrons. The maximum atomic E-state index is 11.4. The van der Waals surface area contributed by atoms with Gasteiger partial charge in [-0.2, -0.15) is 0 Å². The summed E-state index contributed by atoms with van der Waals surface area (Å²) in [4.78, 5) is 22.3. The number of methoxy groups -OCH3 is 1. The van der Waals surface area contributed by atoms with E-state index >= 15 is 0 Å². The molecule has 0 aromatic carbocycles. The fourth-order valence-electron chi connectivity index (χ4n) is 0.921. The monoisotopic (exact) mass is 172 g/mol. The number of hydrogen-bond acceptors (Lipinski definition) is 3. The first kappa shape index (κ1) is 11.1. The maximum absolute atomic E-state index is 11.4. The molecule has 0 heterocycles. The molecular formula is C9H16O3. The Morgan fingerprint density at radius 2 is 1.83 bits per heavy atom. The Bertz CT molecular complexity index is 175. The fraction of sp³-hybridized carbons (Fsp3) is 0.778. The summed E-state index contributed by atoms with van der Waals surface area (Å²) in [6.45, 7) is 5.33. The summed E-state index contributed by atoms with van der Waals surface area (Å²) in [5, 5.41) is 0. The van der Waals surface area contributed by atoms with Gasteiger partial charge >= 0.3 is 5.97 Å². The summed E-state index contributed by atoms with van der Waals surface area (Å²) < 4.78 is 4.47. The topological polar surface area (TPSA) is 43.4 Å². The van der Waals surface area contributed by atoms with Crippen LogP contribution in [0.25, 0.3) is 0 Å². The lowest BCUT2D eigenvalue weighted by atomic mass is 9.94. The lowest BCUT2D eigenvalue weighted by Gasteiger charge is -2.12. The van der Waals surface area contributed by atoms with Gasteiger partial charge in [-0.25, -0.2) is 0 Å². The van der Waals surface area contributed by atoms with E-state index in [-0.39, 0.29) is 11.7 Å². The van der Waals surface area contributed by atoms with Crippen molar-refractivity contribution in [2.45, 2.75) is 27.2 Å². The lowest BCUT2D eigenvalue weighted by molar-refractivity contribution is -0.149. The van der Waals surface area contributed by atoms with Crippen LogP contribution in [0.2, 0.25) is 0 Å². The van der Waals surface area contributed by atoms with Gasteiger partial charge in [-0.1, -0.05) is 13.8 Å². The second kappa shape index (κ2) is 4.91. The van der Waals surface area contributed by atoms with Gasteiger partial charge in [-0.3, -0.25) is 9.59 Å². The van der Waals surface area contributed by atoms with Crippen molar-refractivity contribution >= 4 is 11.8 Å². The van der Waals surface area contributed by atoms with E-state index in [4.69, 9.17) is 0 Å². The number of ether oxygens (including phenoxy) is 1. The van der Waals surface area contributed by atoms with Crippen molar-refractivity contribution < 1.29 is 14.3 Å². The average Bonchev–Trinajstić information content (AvgIpc) is 2.12. The van der Waals surface area contributed by atoms with Gasteiger partial charge < -0.3 is 4.74 Å². The zero-order chi connectivity index (χ0) is 9.72. The standard InChI is InChI=1S/C9H16O3/c1-5-6(2)8(10)7(3)9(11)12-4/h6-7H,5H2,1-4H3/t6-,7?/m1/s1. The van der Waals surface area contributed by atoms with Crippen molar-refractivity contribution in [3.63, 3.8) is 0 Å². The van der Waals surface area contributed by atoms with Gasteiger partial charge in [0.05, 0.1) is 7.11 Å². The third-order valence-electron chi connectivity index (χ3n) is 2.08. The molecular weight excluding hydrogens is 156 g/mol. The van der Waals surface area contributed by atoms with Gasteiger partial charge in [-0.05, 0) is 13.3 Å². The van der Waals surface area contributed by atoms with Gasteiger partial charge in [0.25, 0.3) is 0 Å². The van der Waals surface area contributed by atoms with E-state index in [1.54, 1.807) is 6.92 Å². The number of hydrogen-bond donors (Lipinski definition) is 0. The summed E-state index contributed by atoms with van der Waals surface area (Å²) in [7, 11) is 1.29. The minimum absolute atomic E-state index is 0.0376. The van der Waals surface area contributed by atoms with Crippen LogP contribution in [-0.2, 0) is 14.3 Å². The van der Waals surface area contributed by atoms with E-state index in [9.17, 15) is 9.59 Å². The summed E-state index contributed by atoms with van der Waals surface area (Å²) in [5.41, 5.74) is 0. The second-order valence-electron chi connectivity index (χ2n) is 2.96. The Labute approximate surface area is 73.1 Å². The number of esters is 1. The van der Waals surface area contributed by atoms with Gasteiger partial charge in [0.2, 0.25) is 0 Å². The van der Waals surface area contributed by atoms with Gasteiger partial charge in [-0.15, -0.1) is 0 Å². The summed E-state index contributed by atoms with van der Waals surface area (Å²) in [6, 6.07) is 0. The van der Waals surface area contributed by atoms with E-state index in [0.717, 1.165) is 6.42 Å². The number of carbonyl (C=O) groups excluding carboxylic acids is 2. The molecule has 0 N–H and O–H groups in total. The quantitative estimate of drug-likeness (QED) is 0.475. The van der Waals surface area contributed by atoms with Crippen molar-refractivity contribution in [2.75, 3.05) is 7.11 Å². The van der Waals surface area contributed by atoms with Gasteiger partial charge in [0, 0.05) is 5.92 Å². The van der Waals surface area contributed by atoms with Crippen LogP contribution in [0.15, 0.2) is 0 Å². The Kier molecular flexibility index (Phi) is 4.55. The van der Waals surface area contributed by atoms with Crippen molar-refractivity contribution in [3.8, 4) is 0 Å². The third-order valence-corrected chi connectivity index (χ3v) is 2.08. The number of rotatable bonds is 4. The fourth-order valence-corrected chi connectivity index (χ4v) is 0.921. The number of ketones is 1. The molecule has 0 rings (SSSR count). The van der Waals surface area contributed by atoms with Crippen LogP contribution in [0.1, 0.15) is 27.2 Å². The summed E-state index contributed by atoms with van der Waals surface area (Å²) in [6.07, 6.45) is 0.764. The average molecular weight is 172 g/mol. The molecule has 70 valence electrons. The van der Waals surface area contributed by atoms with Crippen LogP contribution in [-0.4, -0.2) is 18.9 Å². The molecule has 0 spiro atoms. The van der Waals surface area contributed by atoms with Crippen molar-refractivity contribution in [1.82, 2.24) is 0 Å². The van der Waals surface area contributed by atoms with Crippen LogP contribution >= 0.6 is 0 Å². The highest BCUT2D eigenvalue weighted by molar-refractivity contribution is 5.99. The van der Waals surface area contributed by atoms with Crippen LogP contribution in [0.4, 0.5) is 0 Å². The molecule has 3 nitrogen and oxygen atoms in total. The number of carbonyl (C=O) groups is 2. The predicted octanol–water partition coefficient (Wildman–Crippen LogP) is 1.41. The van der Waals surface area contributed by atoms with Crippen LogP contribution in [0.3, 0.4) is 0 Å². The normalized spacial score (nSPS) is 15.0. The van der Waals surface area contributed by atoms with E-state index in [1.165, 1.54) is 7.11 Å². The molecule has 12 heavy (non-hydrogen) atoms. The minimum atomic E-state index is -0.620. The van der Waals surface area contributed by atoms with Crippen molar-refractivity contribution in [1.29, 1.82) is 0 Å². The summed E-state index contributed by atoms with van der Waals surface area (Å²) >= 11 is 0. The van der Waals surface area contributed by atoms with E-state index in [2.05, 4.69) is 4.74 Å². The molecule has 0 amide bonds. The highest BCUT2D eigenvalue weighted by Gasteiger charge is 2.25. The first-order chi connectivity index (χ1) is 5.54. The molecule has 0 bridgehead atoms. The van der Waals surface area contributed by atoms with Crippen molar-refractivity contribution in [3.05, 3.63) is 0 Å². The zero-order valence-electron chi connectivity index (χ0n) is 8.09. The molecule has 0 aliphatic heterocycles. The Balaban J connectivity index is 4.19. The zero-order valence-corrected chi connectivity index (χ0v) is 8.09. The van der Waals surface area contributed by atoms with Gasteiger partial charge in [0.15, 0.2) is 0 Å². The van der Waals surface area contributed by atoms with E-state index < -0.39 is 11.9 Å². The second-order valence-corrected chi connectivity index (χ2v) is 2.96. The largest absolute Gasteiger partial charge is 0.468 e. The molecule has 0 aliphatic carbocycles. The third kappa shape index (κ3) is 2.64. The first-order valence-electron chi connectivity index (χ1n) is 4.16. The molecule has 0 aliphatic rings. The van der Waals surface area contributed by atoms with E-state index in [1.807, 2.05) is 13.8 Å². The highest BCUT2D eigenvalue weighted by atomic mass is 16.5. The molecule has 0 saturated heterocycles. The Morgan fingerprint density at radius 3 is 2.17 bits per heavy atom. The minimum Gasteiger partial charge on any atom is -0.468 e. The van der Waals surface area contributed by atoms with Crippen molar-refractivity contribution in [2.24, 2.45) is 11.8 Å². The SMILES string of the molecule is CC[C@@H](C)C(=O)C(C)C(=O)OC. The first-order valence-corrected chi connectivity index (χ1v) is 4.16. The summed E-state index contributed by atoms with van der Waals surface area (Å²) in [5.74, 6) is -1.16. The Hall–Kier alpha value is -0.860. The van der Waals surface area contributed by atoms with E-state index in [0.29, 0.717) is 0 Å². The van der Waals surface area contributed by atoms with Crippen LogP contribution in [0, 0.1) is 11.8 Å². The van der Waals surface area contributed by atoms with Crippen LogP contribution in [0.5, 0.6) is 0 Å². The molecule has 1 unspecified atom stereocenters. The molecule has 0 saturated carbocycles. The van der Waals surface area contributed by atoms with Gasteiger partial charge in [0.1, 0.15) is 11.7 Å². The lowest BCUT2D eigenvalue weighted by Crippen LogP contribution is -2.26. The maximum Gasteiger partial charge on any atom is 0.315 e. The molecule has 0 aromatic heterocycles. The predicted molar refractivity (Wildman–Crippen MR) is 45.6 cm³/mol. The molecule has 0 fully saturated rings. The molecule has 2 atom stereocenters. The Morgan fingerprint density at radius 1 is 1.33 bits per heavy atom. The molecule has 3 heteroatoms. The number of Topliss-reactive ketones (excluding diaryl/α,β-unsaturated/α-hetero) is 1.